The molecule has 3 saturated carbocycles. The van der Waals surface area contributed by atoms with Crippen molar-refractivity contribution in [2.75, 3.05) is 0 Å². The number of benzene rings is 1. The minimum absolute atomic E-state index is 0.0583. The maximum atomic E-state index is 12.7. The normalized spacial score (nSPS) is 36.4. The van der Waals surface area contributed by atoms with Gasteiger partial charge in [0, 0.05) is 5.94 Å². The molecule has 0 aromatic heterocycles. The molecule has 4 aliphatic rings. The summed E-state index contributed by atoms with van der Waals surface area (Å²) in [6.07, 6.45) is -1.68. The van der Waals surface area contributed by atoms with E-state index in [4.69, 9.17) is 15.0 Å². The van der Waals surface area contributed by atoms with Gasteiger partial charge >= 0.3 is 13.3 Å². The summed E-state index contributed by atoms with van der Waals surface area (Å²) in [4.78, 5) is 0. The fraction of sp³-hybridized carbons (Fsp3) is 0.684. The molecule has 1 saturated heterocycles. The number of nitrogens with two attached hydrogens (primary N) is 1. The molecule has 0 radical (unpaired) electrons. The monoisotopic (exact) mass is 367 g/mol. The summed E-state index contributed by atoms with van der Waals surface area (Å²) in [5, 5.41) is 0. The molecule has 0 spiro atoms. The summed E-state index contributed by atoms with van der Waals surface area (Å²) in [6, 6.07) is 5.15. The molecule has 1 aromatic carbocycles. The largest absolute Gasteiger partial charge is 0.475 e. The van der Waals surface area contributed by atoms with Gasteiger partial charge in [-0.05, 0) is 61.1 Å². The molecule has 3 aliphatic carbocycles. The number of hydrogen-bond acceptors (Lipinski definition) is 3. The van der Waals surface area contributed by atoms with E-state index < -0.39 is 24.8 Å². The Balaban J connectivity index is 1.43. The van der Waals surface area contributed by atoms with Crippen molar-refractivity contribution in [3.63, 3.8) is 0 Å². The van der Waals surface area contributed by atoms with Crippen LogP contribution in [0.4, 0.5) is 13.2 Å². The summed E-state index contributed by atoms with van der Waals surface area (Å²) in [5.74, 6) is 0.718. The molecular formula is C19H25BF3NO2. The molecule has 2 bridgehead atoms. The van der Waals surface area contributed by atoms with Crippen LogP contribution in [0, 0.1) is 17.3 Å². The van der Waals surface area contributed by atoms with E-state index in [-0.39, 0.29) is 17.1 Å². The second-order valence-corrected chi connectivity index (χ2v) is 8.90. The highest BCUT2D eigenvalue weighted by molar-refractivity contribution is 6.47. The van der Waals surface area contributed by atoms with E-state index >= 15 is 0 Å². The zero-order valence-corrected chi connectivity index (χ0v) is 15.3. The van der Waals surface area contributed by atoms with Crippen LogP contribution in [0.3, 0.4) is 0 Å². The van der Waals surface area contributed by atoms with Gasteiger partial charge in [-0.2, -0.15) is 13.2 Å². The summed E-state index contributed by atoms with van der Waals surface area (Å²) < 4.78 is 50.5. The fourth-order valence-electron chi connectivity index (χ4n) is 5.28. The van der Waals surface area contributed by atoms with Crippen LogP contribution in [-0.2, 0) is 21.9 Å². The van der Waals surface area contributed by atoms with Crippen LogP contribution < -0.4 is 5.73 Å². The molecule has 1 heterocycles. The lowest BCUT2D eigenvalue weighted by Gasteiger charge is -2.64. The van der Waals surface area contributed by atoms with Crippen LogP contribution in [0.15, 0.2) is 24.3 Å². The van der Waals surface area contributed by atoms with Crippen molar-refractivity contribution in [2.24, 2.45) is 23.0 Å². The Kier molecular flexibility index (Phi) is 4.03. The Bertz CT molecular complexity index is 693. The van der Waals surface area contributed by atoms with Gasteiger partial charge in [0.05, 0.1) is 17.3 Å². The lowest BCUT2D eigenvalue weighted by atomic mass is 9.43. The van der Waals surface area contributed by atoms with Crippen LogP contribution in [0.5, 0.6) is 0 Å². The van der Waals surface area contributed by atoms with Crippen LogP contribution in [0.1, 0.15) is 44.7 Å². The molecule has 3 nitrogen and oxygen atoms in total. The van der Waals surface area contributed by atoms with Gasteiger partial charge in [0.2, 0.25) is 0 Å². The molecule has 1 aliphatic heterocycles. The first-order chi connectivity index (χ1) is 12.0. The van der Waals surface area contributed by atoms with Crippen molar-refractivity contribution < 1.29 is 22.5 Å². The van der Waals surface area contributed by atoms with E-state index in [0.717, 1.165) is 24.1 Å². The highest BCUT2D eigenvalue weighted by Crippen LogP contribution is 2.65. The topological polar surface area (TPSA) is 44.5 Å². The van der Waals surface area contributed by atoms with E-state index in [2.05, 4.69) is 20.8 Å². The van der Waals surface area contributed by atoms with Crippen LogP contribution in [0.25, 0.3) is 0 Å². The number of alkyl halides is 3. The van der Waals surface area contributed by atoms with Gasteiger partial charge in [0.1, 0.15) is 0 Å². The maximum Gasteiger partial charge on any atom is 0.475 e. The van der Waals surface area contributed by atoms with E-state index in [1.807, 2.05) is 0 Å². The lowest BCUT2D eigenvalue weighted by Crippen LogP contribution is -2.65. The number of halogens is 3. The van der Waals surface area contributed by atoms with Crippen molar-refractivity contribution in [1.82, 2.24) is 0 Å². The lowest BCUT2D eigenvalue weighted by molar-refractivity contribution is -0.199. The summed E-state index contributed by atoms with van der Waals surface area (Å²) in [7, 11) is -0.512. The summed E-state index contributed by atoms with van der Waals surface area (Å²) in [5.41, 5.74) is 6.35. The molecular weight excluding hydrogens is 342 g/mol. The second-order valence-electron chi connectivity index (χ2n) is 8.90. The van der Waals surface area contributed by atoms with Crippen molar-refractivity contribution in [3.8, 4) is 0 Å². The van der Waals surface area contributed by atoms with E-state index in [1.54, 1.807) is 0 Å². The second kappa shape index (κ2) is 5.73. The third-order valence-corrected chi connectivity index (χ3v) is 7.07. The van der Waals surface area contributed by atoms with Gasteiger partial charge in [-0.1, -0.05) is 26.0 Å². The molecule has 4 fully saturated rings. The molecule has 1 aromatic rings. The average molecular weight is 367 g/mol. The standard InChI is InChI=1S/C19H25BF3NO2/c1-17(2)13-9-14(17)18(3)15(10-13)25-20(26-18)16(24)8-11-4-6-12(7-5-11)19(21,22)23/h4-7,13-16H,8-10,24H2,1-3H3/t13-,14-,15+,16?,18-/m0/s1. The molecule has 2 N–H and O–H groups in total. The molecule has 142 valence electrons. The molecule has 7 heteroatoms. The van der Waals surface area contributed by atoms with Gasteiger partial charge in [0.15, 0.2) is 0 Å². The Hall–Kier alpha value is -1.05. The van der Waals surface area contributed by atoms with E-state index in [0.29, 0.717) is 18.3 Å². The quantitative estimate of drug-likeness (QED) is 0.826. The number of hydrogen-bond donors (Lipinski definition) is 1. The highest BCUT2D eigenvalue weighted by atomic mass is 19.4. The van der Waals surface area contributed by atoms with Crippen LogP contribution >= 0.6 is 0 Å². The predicted molar refractivity (Wildman–Crippen MR) is 93.2 cm³/mol. The van der Waals surface area contributed by atoms with Crippen molar-refractivity contribution >= 4 is 7.12 Å². The van der Waals surface area contributed by atoms with E-state index in [1.165, 1.54) is 18.6 Å². The Morgan fingerprint density at radius 2 is 1.85 bits per heavy atom. The average Bonchev–Trinajstić information content (AvgIpc) is 2.91. The Morgan fingerprint density at radius 3 is 2.42 bits per heavy atom. The van der Waals surface area contributed by atoms with Crippen molar-refractivity contribution in [1.29, 1.82) is 0 Å². The first-order valence-corrected chi connectivity index (χ1v) is 9.27. The zero-order valence-electron chi connectivity index (χ0n) is 15.3. The Morgan fingerprint density at radius 1 is 1.19 bits per heavy atom. The first-order valence-electron chi connectivity index (χ1n) is 9.27. The Labute approximate surface area is 152 Å². The zero-order chi connectivity index (χ0) is 18.9. The summed E-state index contributed by atoms with van der Waals surface area (Å²) >= 11 is 0. The SMILES string of the molecule is CC1(C)[C@@H]2C[C@H]3OB(C(N)Cc4ccc(C(F)(F)F)cc4)O[C@@]3(C)[C@H]1C2. The van der Waals surface area contributed by atoms with Gasteiger partial charge in [-0.25, -0.2) is 0 Å². The first kappa shape index (κ1) is 18.3. The maximum absolute atomic E-state index is 12.7. The smallest absolute Gasteiger partial charge is 0.404 e. The van der Waals surface area contributed by atoms with Gasteiger partial charge in [-0.15, -0.1) is 0 Å². The molecule has 5 rings (SSSR count). The number of rotatable bonds is 3. The summed E-state index contributed by atoms with van der Waals surface area (Å²) in [6.45, 7) is 6.72. The van der Waals surface area contributed by atoms with Gasteiger partial charge in [-0.3, -0.25) is 0 Å². The third kappa shape index (κ3) is 2.71. The predicted octanol–water partition coefficient (Wildman–Crippen LogP) is 3.84. The minimum Gasteiger partial charge on any atom is -0.404 e. The molecule has 26 heavy (non-hydrogen) atoms. The van der Waals surface area contributed by atoms with Crippen LogP contribution in [-0.4, -0.2) is 24.8 Å². The minimum atomic E-state index is -4.32. The molecule has 5 atom stereocenters. The van der Waals surface area contributed by atoms with E-state index in [9.17, 15) is 13.2 Å². The van der Waals surface area contributed by atoms with Gasteiger partial charge in [0.25, 0.3) is 0 Å². The van der Waals surface area contributed by atoms with Crippen molar-refractivity contribution in [3.05, 3.63) is 35.4 Å². The molecule has 1 unspecified atom stereocenters. The van der Waals surface area contributed by atoms with Gasteiger partial charge < -0.3 is 15.0 Å². The van der Waals surface area contributed by atoms with Crippen molar-refractivity contribution in [2.45, 2.75) is 63.9 Å². The van der Waals surface area contributed by atoms with Crippen LogP contribution in [0.2, 0.25) is 0 Å². The fourth-order valence-corrected chi connectivity index (χ4v) is 5.28. The third-order valence-electron chi connectivity index (χ3n) is 7.07. The highest BCUT2D eigenvalue weighted by Gasteiger charge is 2.68. The molecule has 0 amide bonds.